The Balaban J connectivity index is 2.00. The lowest BCUT2D eigenvalue weighted by atomic mass is 10.1. The highest BCUT2D eigenvalue weighted by Crippen LogP contribution is 2.13. The highest BCUT2D eigenvalue weighted by Gasteiger charge is 2.31. The maximum Gasteiger partial charge on any atom is 0.307 e. The van der Waals surface area contributed by atoms with Gasteiger partial charge in [-0.1, -0.05) is 18.2 Å². The molecule has 1 atom stereocenters. The van der Waals surface area contributed by atoms with Crippen LogP contribution in [0.3, 0.4) is 0 Å². The first-order chi connectivity index (χ1) is 10.1. The molecule has 114 valence electrons. The number of nitrogens with zero attached hydrogens (tertiary/aromatic N) is 1. The number of hydrogen-bond donors (Lipinski definition) is 1. The number of piperazine rings is 1. The molecule has 1 aliphatic heterocycles. The number of amides is 1. The van der Waals surface area contributed by atoms with E-state index in [-0.39, 0.29) is 18.1 Å². The van der Waals surface area contributed by atoms with E-state index in [9.17, 15) is 14.0 Å². The van der Waals surface area contributed by atoms with E-state index in [1.807, 2.05) is 4.90 Å². The average molecular weight is 294 g/mol. The second-order valence-corrected chi connectivity index (χ2v) is 4.96. The Labute approximate surface area is 123 Å². The molecule has 0 aliphatic carbocycles. The third-order valence-corrected chi connectivity index (χ3v) is 3.66. The molecule has 1 heterocycles. The minimum Gasteiger partial charge on any atom is -0.469 e. The van der Waals surface area contributed by atoms with E-state index in [1.54, 1.807) is 18.2 Å². The number of carbonyl (C=O) groups excluding carboxylic acids is 2. The molecule has 0 saturated carbocycles. The Morgan fingerprint density at radius 2 is 2.24 bits per heavy atom. The molecule has 21 heavy (non-hydrogen) atoms. The first-order valence-electron chi connectivity index (χ1n) is 6.94. The smallest absolute Gasteiger partial charge is 0.307 e. The summed E-state index contributed by atoms with van der Waals surface area (Å²) in [4.78, 5) is 25.2. The van der Waals surface area contributed by atoms with Crippen molar-refractivity contribution >= 4 is 11.9 Å². The van der Waals surface area contributed by atoms with Crippen LogP contribution in [0.4, 0.5) is 4.39 Å². The summed E-state index contributed by atoms with van der Waals surface area (Å²) in [7, 11) is 1.30. The Kier molecular flexibility index (Phi) is 5.27. The van der Waals surface area contributed by atoms with Crippen molar-refractivity contribution in [3.63, 3.8) is 0 Å². The van der Waals surface area contributed by atoms with E-state index < -0.39 is 12.0 Å². The molecular weight excluding hydrogens is 275 g/mol. The molecule has 5 nitrogen and oxygen atoms in total. The fourth-order valence-electron chi connectivity index (χ4n) is 2.46. The van der Waals surface area contributed by atoms with Gasteiger partial charge in [0.25, 0.3) is 0 Å². The third-order valence-electron chi connectivity index (χ3n) is 3.66. The highest BCUT2D eigenvalue weighted by atomic mass is 19.1. The van der Waals surface area contributed by atoms with Crippen LogP contribution in [0.2, 0.25) is 0 Å². The Bertz CT molecular complexity index is 521. The zero-order chi connectivity index (χ0) is 15.2. The maximum atomic E-state index is 13.6. The predicted octanol–water partition coefficient (Wildman–Crippen LogP) is 0.732. The van der Waals surface area contributed by atoms with Gasteiger partial charge in [0.1, 0.15) is 5.82 Å². The summed E-state index contributed by atoms with van der Waals surface area (Å²) in [6, 6.07) is 6.04. The van der Waals surface area contributed by atoms with Gasteiger partial charge in [0.15, 0.2) is 0 Å². The molecule has 6 heteroatoms. The molecule has 2 rings (SSSR count). The van der Waals surface area contributed by atoms with Crippen molar-refractivity contribution in [2.75, 3.05) is 26.7 Å². The lowest BCUT2D eigenvalue weighted by Crippen LogP contribution is -2.56. The third kappa shape index (κ3) is 4.01. The second kappa shape index (κ2) is 7.17. The quantitative estimate of drug-likeness (QED) is 0.814. The zero-order valence-corrected chi connectivity index (χ0v) is 12.0. The molecule has 1 fully saturated rings. The summed E-state index contributed by atoms with van der Waals surface area (Å²) in [6.45, 7) is 1.70. The summed E-state index contributed by atoms with van der Waals surface area (Å²) in [5, 5.41) is 2.74. The van der Waals surface area contributed by atoms with E-state index in [0.29, 0.717) is 31.6 Å². The average Bonchev–Trinajstić information content (AvgIpc) is 2.49. The predicted molar refractivity (Wildman–Crippen MR) is 75.1 cm³/mol. The fraction of sp³-hybridized carbons (Fsp3) is 0.467. The largest absolute Gasteiger partial charge is 0.469 e. The number of methoxy groups -OCH3 is 1. The molecule has 0 unspecified atom stereocenters. The molecule has 0 spiro atoms. The Hall–Kier alpha value is -1.95. The van der Waals surface area contributed by atoms with E-state index in [2.05, 4.69) is 10.1 Å². The number of rotatable bonds is 5. The van der Waals surface area contributed by atoms with E-state index in [1.165, 1.54) is 13.2 Å². The van der Waals surface area contributed by atoms with Crippen LogP contribution >= 0.6 is 0 Å². The molecule has 1 N–H and O–H groups in total. The van der Waals surface area contributed by atoms with Gasteiger partial charge in [0.2, 0.25) is 5.91 Å². The fourth-order valence-corrected chi connectivity index (χ4v) is 2.46. The van der Waals surface area contributed by atoms with Gasteiger partial charge in [0, 0.05) is 19.6 Å². The molecule has 1 aromatic rings. The van der Waals surface area contributed by atoms with Crippen molar-refractivity contribution in [2.24, 2.45) is 0 Å². The molecule has 0 bridgehead atoms. The van der Waals surface area contributed by atoms with Crippen molar-refractivity contribution < 1.29 is 18.7 Å². The van der Waals surface area contributed by atoms with Gasteiger partial charge in [-0.3, -0.25) is 14.5 Å². The summed E-state index contributed by atoms with van der Waals surface area (Å²) >= 11 is 0. The molecule has 1 aliphatic rings. The molecular formula is C15H19FN2O3. The van der Waals surface area contributed by atoms with E-state index >= 15 is 0 Å². The van der Waals surface area contributed by atoms with Crippen LogP contribution in [0.5, 0.6) is 0 Å². The number of benzene rings is 1. The van der Waals surface area contributed by atoms with Gasteiger partial charge in [0.05, 0.1) is 19.6 Å². The molecule has 1 amide bonds. The van der Waals surface area contributed by atoms with Gasteiger partial charge in [-0.25, -0.2) is 4.39 Å². The minimum absolute atomic E-state index is 0.0135. The van der Waals surface area contributed by atoms with Gasteiger partial charge < -0.3 is 10.1 Å². The second-order valence-electron chi connectivity index (χ2n) is 4.96. The van der Waals surface area contributed by atoms with Crippen LogP contribution in [-0.4, -0.2) is 49.6 Å². The molecule has 1 aromatic carbocycles. The monoisotopic (exact) mass is 294 g/mol. The van der Waals surface area contributed by atoms with Crippen LogP contribution in [0, 0.1) is 5.82 Å². The number of hydrogen-bond acceptors (Lipinski definition) is 4. The zero-order valence-electron chi connectivity index (χ0n) is 12.0. The lowest BCUT2D eigenvalue weighted by Gasteiger charge is -2.34. The van der Waals surface area contributed by atoms with Crippen LogP contribution in [0.25, 0.3) is 0 Å². The number of ether oxygens (including phenoxy) is 1. The SMILES string of the molecule is COC(=O)C[C@H]1C(=O)NCCN1CCc1ccccc1F. The number of nitrogens with one attached hydrogen (secondary N) is 1. The van der Waals surface area contributed by atoms with Gasteiger partial charge in [-0.2, -0.15) is 0 Å². The van der Waals surface area contributed by atoms with Gasteiger partial charge in [-0.05, 0) is 18.1 Å². The topological polar surface area (TPSA) is 58.6 Å². The van der Waals surface area contributed by atoms with Crippen molar-refractivity contribution in [3.05, 3.63) is 35.6 Å². The van der Waals surface area contributed by atoms with Crippen LogP contribution in [0.1, 0.15) is 12.0 Å². The maximum absolute atomic E-state index is 13.6. The van der Waals surface area contributed by atoms with Crippen molar-refractivity contribution in [2.45, 2.75) is 18.9 Å². The van der Waals surface area contributed by atoms with E-state index in [4.69, 9.17) is 0 Å². The summed E-state index contributed by atoms with van der Waals surface area (Å²) in [5.41, 5.74) is 0.611. The summed E-state index contributed by atoms with van der Waals surface area (Å²) in [6.07, 6.45) is 0.511. The lowest BCUT2D eigenvalue weighted by molar-refractivity contribution is -0.145. The van der Waals surface area contributed by atoms with Crippen LogP contribution in [-0.2, 0) is 20.7 Å². The highest BCUT2D eigenvalue weighted by molar-refractivity contribution is 5.87. The van der Waals surface area contributed by atoms with Crippen LogP contribution < -0.4 is 5.32 Å². The normalized spacial score (nSPS) is 19.1. The first-order valence-corrected chi connectivity index (χ1v) is 6.94. The number of esters is 1. The van der Waals surface area contributed by atoms with Crippen LogP contribution in [0.15, 0.2) is 24.3 Å². The van der Waals surface area contributed by atoms with Gasteiger partial charge >= 0.3 is 5.97 Å². The Morgan fingerprint density at radius 1 is 1.48 bits per heavy atom. The number of carbonyl (C=O) groups is 2. The number of halogens is 1. The summed E-state index contributed by atoms with van der Waals surface area (Å²) in [5.74, 6) is -0.850. The molecule has 0 aromatic heterocycles. The van der Waals surface area contributed by atoms with Crippen molar-refractivity contribution in [1.82, 2.24) is 10.2 Å². The standard InChI is InChI=1S/C15H19FN2O3/c1-21-14(19)10-13-15(20)17-7-9-18(13)8-6-11-4-2-3-5-12(11)16/h2-5,13H,6-10H2,1H3,(H,17,20)/t13-/m0/s1. The van der Waals surface area contributed by atoms with Gasteiger partial charge in [-0.15, -0.1) is 0 Å². The summed E-state index contributed by atoms with van der Waals surface area (Å²) < 4.78 is 18.2. The molecule has 1 saturated heterocycles. The molecule has 0 radical (unpaired) electrons. The van der Waals surface area contributed by atoms with Crippen molar-refractivity contribution in [3.8, 4) is 0 Å². The Morgan fingerprint density at radius 3 is 2.95 bits per heavy atom. The first kappa shape index (κ1) is 15.4. The van der Waals surface area contributed by atoms with Crippen molar-refractivity contribution in [1.29, 1.82) is 0 Å². The van der Waals surface area contributed by atoms with E-state index in [0.717, 1.165) is 0 Å². The minimum atomic E-state index is -0.544.